The Bertz CT molecular complexity index is 593. The number of nitrogen functional groups attached to an aromatic ring is 1. The van der Waals surface area contributed by atoms with E-state index in [0.29, 0.717) is 17.7 Å². The van der Waals surface area contributed by atoms with Crippen molar-refractivity contribution in [3.05, 3.63) is 47.5 Å². The lowest BCUT2D eigenvalue weighted by atomic mass is 10.1. The number of hydrogen-bond donors (Lipinski definition) is 2. The fourth-order valence-electron chi connectivity index (χ4n) is 1.45. The van der Waals surface area contributed by atoms with Crippen molar-refractivity contribution in [3.8, 4) is 0 Å². The van der Waals surface area contributed by atoms with Gasteiger partial charge in [0.05, 0.1) is 4.90 Å². The van der Waals surface area contributed by atoms with Crippen molar-refractivity contribution in [2.75, 3.05) is 5.73 Å². The van der Waals surface area contributed by atoms with Crippen LogP contribution in [0.15, 0.2) is 41.3 Å². The van der Waals surface area contributed by atoms with E-state index in [-0.39, 0.29) is 4.90 Å². The predicted octanol–water partition coefficient (Wildman–Crippen LogP) is 2.51. The Morgan fingerprint density at radius 2 is 1.89 bits per heavy atom. The zero-order valence-electron chi connectivity index (χ0n) is 10.4. The molecule has 0 amide bonds. The summed E-state index contributed by atoms with van der Waals surface area (Å²) >= 11 is 0. The molecule has 0 aromatic heterocycles. The van der Waals surface area contributed by atoms with Crippen molar-refractivity contribution < 1.29 is 13.0 Å². The molecule has 0 spiro atoms. The first-order valence-electron chi connectivity index (χ1n) is 5.55. The molecule has 98 valence electrons. The molecule has 0 fully saturated rings. The summed E-state index contributed by atoms with van der Waals surface area (Å²) in [6.07, 6.45) is 0.575. The Kier molecular flexibility index (Phi) is 4.69. The average Bonchev–Trinajstić information content (AvgIpc) is 2.28. The second-order valence-electron chi connectivity index (χ2n) is 3.96. The molecule has 3 N–H and O–H groups in total. The van der Waals surface area contributed by atoms with Crippen LogP contribution in [0.2, 0.25) is 0 Å². The maximum Gasteiger partial charge on any atom is 0.294 e. The van der Waals surface area contributed by atoms with E-state index < -0.39 is 10.1 Å². The second kappa shape index (κ2) is 5.84. The van der Waals surface area contributed by atoms with Gasteiger partial charge in [0.2, 0.25) is 0 Å². The maximum absolute atomic E-state index is 11.2. The summed E-state index contributed by atoms with van der Waals surface area (Å²) in [6, 6.07) is 9.62. The van der Waals surface area contributed by atoms with E-state index in [4.69, 9.17) is 10.3 Å². The zero-order valence-corrected chi connectivity index (χ0v) is 11.2. The standard InChI is InChI=1S/C13H17NO3S/c1-3-11-9-12(18(15,16)17)6-4-5-10(2)7-8-13(11)14/h4-9H,3,14H2,1-2H3,(H,15,16,17). The summed E-state index contributed by atoms with van der Waals surface area (Å²) in [5.74, 6) is 0. The molecule has 1 rings (SSSR count). The third kappa shape index (κ3) is 4.01. The zero-order chi connectivity index (χ0) is 13.8. The number of hydrogen-bond acceptors (Lipinski definition) is 3. The molecule has 0 aliphatic rings. The molecule has 0 aliphatic heterocycles. The Balaban J connectivity index is 3.71. The fraction of sp³-hybridized carbons (Fsp3) is 0.231. The van der Waals surface area contributed by atoms with E-state index in [0.717, 1.165) is 5.56 Å². The van der Waals surface area contributed by atoms with Crippen LogP contribution in [0.25, 0.3) is 0 Å². The molecule has 0 saturated carbocycles. The Labute approximate surface area is 108 Å². The SMILES string of the molecule is CCc1cc(S(=O)(=O)O)cccc(C)ccc1N. The lowest BCUT2D eigenvalue weighted by Gasteiger charge is -2.01. The summed E-state index contributed by atoms with van der Waals surface area (Å²) < 4.78 is 31.6. The highest BCUT2D eigenvalue weighted by molar-refractivity contribution is 7.85. The molecule has 18 heavy (non-hydrogen) atoms. The normalized spacial score (nSPS) is 10.8. The topological polar surface area (TPSA) is 80.4 Å². The smallest absolute Gasteiger partial charge is 0.294 e. The van der Waals surface area contributed by atoms with Gasteiger partial charge in [0.1, 0.15) is 0 Å². The molecule has 0 heterocycles. The Morgan fingerprint density at radius 1 is 1.22 bits per heavy atom. The highest BCUT2D eigenvalue weighted by Crippen LogP contribution is 2.14. The third-order valence-electron chi connectivity index (χ3n) is 2.51. The molecule has 4 nitrogen and oxygen atoms in total. The van der Waals surface area contributed by atoms with Crippen molar-refractivity contribution in [2.24, 2.45) is 0 Å². The lowest BCUT2D eigenvalue weighted by molar-refractivity contribution is 0.483. The van der Waals surface area contributed by atoms with E-state index in [2.05, 4.69) is 0 Å². The molecule has 0 saturated heterocycles. The third-order valence-corrected chi connectivity index (χ3v) is 3.36. The first kappa shape index (κ1) is 14.5. The van der Waals surface area contributed by atoms with Gasteiger partial charge in [0.15, 0.2) is 0 Å². The summed E-state index contributed by atoms with van der Waals surface area (Å²) in [5, 5.41) is 0. The number of aryl methyl sites for hydroxylation is 2. The van der Waals surface area contributed by atoms with E-state index in [1.165, 1.54) is 12.1 Å². The number of anilines is 1. The summed E-state index contributed by atoms with van der Waals surface area (Å²) in [5.41, 5.74) is 7.95. The quantitative estimate of drug-likeness (QED) is 0.807. The highest BCUT2D eigenvalue weighted by atomic mass is 32.2. The van der Waals surface area contributed by atoms with Gasteiger partial charge in [-0.3, -0.25) is 4.55 Å². The average molecular weight is 267 g/mol. The minimum Gasteiger partial charge on any atom is -0.399 e. The largest absolute Gasteiger partial charge is 0.399 e. The van der Waals surface area contributed by atoms with Crippen LogP contribution in [-0.2, 0) is 16.5 Å². The Hall–Kier alpha value is -1.59. The minimum atomic E-state index is -4.25. The van der Waals surface area contributed by atoms with E-state index in [9.17, 15) is 8.42 Å². The van der Waals surface area contributed by atoms with E-state index in [1.54, 1.807) is 18.2 Å². The first-order chi connectivity index (χ1) is 8.34. The molecule has 0 unspecified atom stereocenters. The van der Waals surface area contributed by atoms with Gasteiger partial charge in [-0.25, -0.2) is 0 Å². The van der Waals surface area contributed by atoms with Gasteiger partial charge in [-0.1, -0.05) is 30.7 Å². The molecule has 0 radical (unpaired) electrons. The van der Waals surface area contributed by atoms with E-state index in [1.807, 2.05) is 19.9 Å². The minimum absolute atomic E-state index is 0.165. The predicted molar refractivity (Wildman–Crippen MR) is 72.4 cm³/mol. The molecule has 0 bridgehead atoms. The van der Waals surface area contributed by atoms with Crippen molar-refractivity contribution in [2.45, 2.75) is 25.2 Å². The summed E-state index contributed by atoms with van der Waals surface area (Å²) in [4.78, 5) is -0.165. The van der Waals surface area contributed by atoms with Gasteiger partial charge in [-0.15, -0.1) is 0 Å². The molecule has 0 atom stereocenters. The Morgan fingerprint density at radius 3 is 2.44 bits per heavy atom. The summed E-state index contributed by atoms with van der Waals surface area (Å²) in [7, 11) is -4.25. The van der Waals surface area contributed by atoms with Gasteiger partial charge >= 0.3 is 0 Å². The molecular formula is C13H17NO3S. The van der Waals surface area contributed by atoms with Crippen LogP contribution in [0.5, 0.6) is 0 Å². The summed E-state index contributed by atoms with van der Waals surface area (Å²) in [6.45, 7) is 3.74. The molecule has 1 aromatic rings. The number of rotatable bonds is 2. The molecule has 1 aromatic carbocycles. The fourth-order valence-corrected chi connectivity index (χ4v) is 1.99. The van der Waals surface area contributed by atoms with Gasteiger partial charge < -0.3 is 5.73 Å². The van der Waals surface area contributed by atoms with Crippen LogP contribution in [0.3, 0.4) is 0 Å². The van der Waals surface area contributed by atoms with Gasteiger partial charge in [0, 0.05) is 5.69 Å². The van der Waals surface area contributed by atoms with Crippen LogP contribution in [0.4, 0.5) is 5.69 Å². The first-order valence-corrected chi connectivity index (χ1v) is 6.99. The van der Waals surface area contributed by atoms with Crippen LogP contribution in [-0.4, -0.2) is 13.0 Å². The van der Waals surface area contributed by atoms with Crippen molar-refractivity contribution in [1.29, 1.82) is 0 Å². The van der Waals surface area contributed by atoms with Crippen LogP contribution >= 0.6 is 0 Å². The van der Waals surface area contributed by atoms with Crippen molar-refractivity contribution in [3.63, 3.8) is 0 Å². The van der Waals surface area contributed by atoms with E-state index >= 15 is 0 Å². The second-order valence-corrected chi connectivity index (χ2v) is 5.38. The molecular weight excluding hydrogens is 250 g/mol. The van der Waals surface area contributed by atoms with Crippen LogP contribution in [0.1, 0.15) is 18.1 Å². The van der Waals surface area contributed by atoms with Crippen molar-refractivity contribution in [1.82, 2.24) is 0 Å². The van der Waals surface area contributed by atoms with Crippen molar-refractivity contribution >= 4 is 15.8 Å². The molecule has 5 heteroatoms. The van der Waals surface area contributed by atoms with Gasteiger partial charge in [0.25, 0.3) is 10.1 Å². The van der Waals surface area contributed by atoms with Crippen LogP contribution in [0, 0.1) is 6.92 Å². The molecule has 0 aliphatic carbocycles. The van der Waals surface area contributed by atoms with Gasteiger partial charge in [-0.2, -0.15) is 8.42 Å². The number of nitrogens with two attached hydrogens (primary N) is 1. The van der Waals surface area contributed by atoms with Gasteiger partial charge in [-0.05, 0) is 37.1 Å². The monoisotopic (exact) mass is 267 g/mol. The lowest BCUT2D eigenvalue weighted by Crippen LogP contribution is -1.98. The highest BCUT2D eigenvalue weighted by Gasteiger charge is 2.08. The van der Waals surface area contributed by atoms with Crippen LogP contribution < -0.4 is 5.73 Å². The maximum atomic E-state index is 11.2.